The van der Waals surface area contributed by atoms with Gasteiger partial charge in [0.15, 0.2) is 34.5 Å². The highest BCUT2D eigenvalue weighted by atomic mass is 16.5. The van der Waals surface area contributed by atoms with Gasteiger partial charge in [0, 0.05) is 12.2 Å². The van der Waals surface area contributed by atoms with E-state index in [-0.39, 0.29) is 12.2 Å². The van der Waals surface area contributed by atoms with Crippen LogP contribution in [0, 0.1) is 0 Å². The number of ether oxygens (including phenoxy) is 1. The van der Waals surface area contributed by atoms with Gasteiger partial charge in [0.05, 0.1) is 0 Å². The molecule has 9 nitrogen and oxygen atoms in total. The summed E-state index contributed by atoms with van der Waals surface area (Å²) < 4.78 is 5.11. The molecule has 2 aromatic carbocycles. The molecule has 2 rings (SSSR count). The highest BCUT2D eigenvalue weighted by molar-refractivity contribution is 6.44. The maximum absolute atomic E-state index is 11.9. The summed E-state index contributed by atoms with van der Waals surface area (Å²) >= 11 is 0. The lowest BCUT2D eigenvalue weighted by Crippen LogP contribution is -2.20. The third kappa shape index (κ3) is 4.79. The number of phenolic OH excluding ortho intramolecular Hbond substituents is 6. The van der Waals surface area contributed by atoms with Crippen molar-refractivity contribution in [3.05, 3.63) is 35.4 Å². The first kappa shape index (κ1) is 19.9. The van der Waals surface area contributed by atoms with Crippen LogP contribution in [0.4, 0.5) is 0 Å². The molecular formula is C18H18O9. The molecule has 0 radical (unpaired) electrons. The van der Waals surface area contributed by atoms with Crippen molar-refractivity contribution < 1.29 is 45.0 Å². The van der Waals surface area contributed by atoms with Gasteiger partial charge in [-0.15, -0.1) is 0 Å². The molecule has 0 atom stereocenters. The van der Waals surface area contributed by atoms with Crippen molar-refractivity contribution >= 4 is 11.6 Å². The molecule has 0 bridgehead atoms. The van der Waals surface area contributed by atoms with E-state index >= 15 is 0 Å². The quantitative estimate of drug-likeness (QED) is 0.172. The van der Waals surface area contributed by atoms with E-state index in [1.807, 2.05) is 0 Å². The van der Waals surface area contributed by atoms with Crippen molar-refractivity contribution in [2.45, 2.75) is 12.8 Å². The third-order valence-electron chi connectivity index (χ3n) is 3.70. The fourth-order valence-corrected chi connectivity index (χ4v) is 2.31. The zero-order chi connectivity index (χ0) is 20.1. The SMILES string of the molecule is O=C(COCCCc1cc(O)c(O)c(O)c1)C(=O)c1cc(O)c(O)c(O)c1. The van der Waals surface area contributed by atoms with E-state index in [1.54, 1.807) is 0 Å². The summed E-state index contributed by atoms with van der Waals surface area (Å²) in [6.07, 6.45) is 0.787. The second-order valence-corrected chi connectivity index (χ2v) is 5.75. The van der Waals surface area contributed by atoms with Crippen molar-refractivity contribution in [3.8, 4) is 34.5 Å². The molecular weight excluding hydrogens is 360 g/mol. The van der Waals surface area contributed by atoms with Crippen LogP contribution in [0.15, 0.2) is 24.3 Å². The molecule has 0 saturated heterocycles. The first-order chi connectivity index (χ1) is 12.7. The van der Waals surface area contributed by atoms with Gasteiger partial charge in [-0.1, -0.05) is 0 Å². The van der Waals surface area contributed by atoms with Crippen molar-refractivity contribution in [2.75, 3.05) is 13.2 Å². The van der Waals surface area contributed by atoms with Crippen LogP contribution >= 0.6 is 0 Å². The van der Waals surface area contributed by atoms with Crippen molar-refractivity contribution in [2.24, 2.45) is 0 Å². The van der Waals surface area contributed by atoms with Crippen molar-refractivity contribution in [3.63, 3.8) is 0 Å². The molecule has 0 amide bonds. The van der Waals surface area contributed by atoms with E-state index in [2.05, 4.69) is 0 Å². The Bertz CT molecular complexity index is 827. The Morgan fingerprint density at radius 1 is 0.778 bits per heavy atom. The van der Waals surface area contributed by atoms with Crippen LogP contribution in [-0.2, 0) is 16.0 Å². The predicted molar refractivity (Wildman–Crippen MR) is 91.4 cm³/mol. The Balaban J connectivity index is 1.82. The van der Waals surface area contributed by atoms with E-state index < -0.39 is 52.7 Å². The lowest BCUT2D eigenvalue weighted by atomic mass is 10.1. The molecule has 0 spiro atoms. The monoisotopic (exact) mass is 378 g/mol. The Hall–Kier alpha value is -3.46. The van der Waals surface area contributed by atoms with Gasteiger partial charge in [-0.2, -0.15) is 0 Å². The number of phenols is 6. The van der Waals surface area contributed by atoms with Gasteiger partial charge in [-0.3, -0.25) is 9.59 Å². The molecule has 0 aliphatic carbocycles. The zero-order valence-electron chi connectivity index (χ0n) is 14.0. The van der Waals surface area contributed by atoms with Crippen LogP contribution < -0.4 is 0 Å². The smallest absolute Gasteiger partial charge is 0.231 e. The highest BCUT2D eigenvalue weighted by Gasteiger charge is 2.20. The zero-order valence-corrected chi connectivity index (χ0v) is 14.0. The lowest BCUT2D eigenvalue weighted by Gasteiger charge is -2.07. The second kappa shape index (κ2) is 8.28. The van der Waals surface area contributed by atoms with E-state index in [0.717, 1.165) is 12.1 Å². The molecule has 0 aromatic heterocycles. The van der Waals surface area contributed by atoms with Gasteiger partial charge < -0.3 is 35.4 Å². The number of carbonyl (C=O) groups is 2. The third-order valence-corrected chi connectivity index (χ3v) is 3.70. The number of rotatable bonds is 8. The number of ketones is 2. The molecule has 0 unspecified atom stereocenters. The first-order valence-corrected chi connectivity index (χ1v) is 7.84. The minimum atomic E-state index is -0.992. The predicted octanol–water partition coefficient (Wildman–Crippen LogP) is 1.32. The van der Waals surface area contributed by atoms with Gasteiger partial charge in [0.1, 0.15) is 6.61 Å². The second-order valence-electron chi connectivity index (χ2n) is 5.75. The number of aryl methyl sites for hydroxylation is 1. The maximum Gasteiger partial charge on any atom is 0.231 e. The van der Waals surface area contributed by atoms with Gasteiger partial charge in [-0.25, -0.2) is 0 Å². The molecule has 0 fully saturated rings. The minimum absolute atomic E-state index is 0.105. The molecule has 144 valence electrons. The fraction of sp³-hybridized carbons (Fsp3) is 0.222. The van der Waals surface area contributed by atoms with Crippen molar-refractivity contribution in [1.82, 2.24) is 0 Å². The average Bonchev–Trinajstić information content (AvgIpc) is 2.62. The Labute approximate surface area is 153 Å². The van der Waals surface area contributed by atoms with E-state index in [0.29, 0.717) is 18.4 Å². The van der Waals surface area contributed by atoms with Crippen LogP contribution in [-0.4, -0.2) is 55.4 Å². The fourth-order valence-electron chi connectivity index (χ4n) is 2.31. The Morgan fingerprint density at radius 3 is 1.78 bits per heavy atom. The molecule has 0 saturated carbocycles. The van der Waals surface area contributed by atoms with Crippen LogP contribution in [0.25, 0.3) is 0 Å². The topological polar surface area (TPSA) is 165 Å². The summed E-state index contributed by atoms with van der Waals surface area (Å²) in [4.78, 5) is 23.8. The summed E-state index contributed by atoms with van der Waals surface area (Å²) in [5.74, 6) is -5.65. The highest BCUT2D eigenvalue weighted by Crippen LogP contribution is 2.36. The number of Topliss-reactive ketones (excluding diaryl/α,β-unsaturated/α-hetero) is 2. The van der Waals surface area contributed by atoms with Crippen molar-refractivity contribution in [1.29, 1.82) is 0 Å². The van der Waals surface area contributed by atoms with E-state index in [1.165, 1.54) is 12.1 Å². The largest absolute Gasteiger partial charge is 0.504 e. The molecule has 0 aliphatic heterocycles. The Kier molecular flexibility index (Phi) is 6.09. The molecule has 27 heavy (non-hydrogen) atoms. The molecule has 0 aliphatic rings. The average molecular weight is 378 g/mol. The molecule has 6 N–H and O–H groups in total. The summed E-state index contributed by atoms with van der Waals surface area (Å²) in [6.45, 7) is -0.416. The number of hydrogen-bond donors (Lipinski definition) is 6. The number of aromatic hydroxyl groups is 6. The summed E-state index contributed by atoms with van der Waals surface area (Å²) in [6, 6.07) is 4.29. The lowest BCUT2D eigenvalue weighted by molar-refractivity contribution is -0.119. The van der Waals surface area contributed by atoms with E-state index in [9.17, 15) is 40.2 Å². The van der Waals surface area contributed by atoms with Crippen LogP contribution in [0.2, 0.25) is 0 Å². The number of benzene rings is 2. The van der Waals surface area contributed by atoms with Crippen LogP contribution in [0.5, 0.6) is 34.5 Å². The van der Waals surface area contributed by atoms with Crippen LogP contribution in [0.1, 0.15) is 22.3 Å². The van der Waals surface area contributed by atoms with Gasteiger partial charge in [-0.05, 0) is 42.7 Å². The summed E-state index contributed by atoms with van der Waals surface area (Å²) in [7, 11) is 0. The maximum atomic E-state index is 11.9. The Morgan fingerprint density at radius 2 is 1.26 bits per heavy atom. The molecule has 9 heteroatoms. The van der Waals surface area contributed by atoms with E-state index in [4.69, 9.17) is 4.74 Å². The minimum Gasteiger partial charge on any atom is -0.504 e. The summed E-state index contributed by atoms with van der Waals surface area (Å²) in [5, 5.41) is 56.0. The number of carbonyl (C=O) groups excluding carboxylic acids is 2. The molecule has 0 heterocycles. The number of hydrogen-bond acceptors (Lipinski definition) is 9. The van der Waals surface area contributed by atoms with Gasteiger partial charge >= 0.3 is 0 Å². The standard InChI is InChI=1S/C18H18O9/c19-11-4-9(5-12(20)17(11)25)2-1-3-27-8-15(23)16(24)10-6-13(21)18(26)14(22)7-10/h4-7,19-22,25-26H,1-3,8H2. The summed E-state index contributed by atoms with van der Waals surface area (Å²) in [5.41, 5.74) is 0.260. The van der Waals surface area contributed by atoms with Gasteiger partial charge in [0.2, 0.25) is 11.6 Å². The normalized spacial score (nSPS) is 10.7. The van der Waals surface area contributed by atoms with Gasteiger partial charge in [0.25, 0.3) is 0 Å². The molecule has 2 aromatic rings. The first-order valence-electron chi connectivity index (χ1n) is 7.84. The van der Waals surface area contributed by atoms with Crippen LogP contribution in [0.3, 0.4) is 0 Å².